The molecule has 0 saturated heterocycles. The summed E-state index contributed by atoms with van der Waals surface area (Å²) in [4.78, 5) is 0. The second kappa shape index (κ2) is 6.85. The van der Waals surface area contributed by atoms with Gasteiger partial charge in [-0.25, -0.2) is 0 Å². The Balaban J connectivity index is 2.49. The minimum Gasteiger partial charge on any atom is -0.315 e. The summed E-state index contributed by atoms with van der Waals surface area (Å²) in [5.41, 5.74) is 0. The number of nitrogens with zero attached hydrogens (tertiary/aromatic N) is 2. The lowest BCUT2D eigenvalue weighted by Gasteiger charge is -2.17. The molecule has 4 heteroatoms. The van der Waals surface area contributed by atoms with Gasteiger partial charge in [-0.2, -0.15) is 5.10 Å². The maximum atomic E-state index is 5.86. The topological polar surface area (TPSA) is 29.9 Å². The summed E-state index contributed by atoms with van der Waals surface area (Å²) < 4.78 is 1.97. The van der Waals surface area contributed by atoms with Gasteiger partial charge < -0.3 is 5.32 Å². The van der Waals surface area contributed by atoms with Gasteiger partial charge in [0.15, 0.2) is 0 Å². The quantitative estimate of drug-likeness (QED) is 0.729. The minimum atomic E-state index is 0.425. The van der Waals surface area contributed by atoms with Crippen LogP contribution in [0.25, 0.3) is 0 Å². The Kier molecular flexibility index (Phi) is 5.73. The summed E-state index contributed by atoms with van der Waals surface area (Å²) in [5, 5.41) is 8.40. The van der Waals surface area contributed by atoms with Gasteiger partial charge in [0.25, 0.3) is 0 Å². The van der Waals surface area contributed by atoms with E-state index in [0.717, 1.165) is 25.9 Å². The zero-order valence-electron chi connectivity index (χ0n) is 9.54. The van der Waals surface area contributed by atoms with Crippen molar-refractivity contribution in [2.45, 2.75) is 39.2 Å². The Morgan fingerprint density at radius 3 is 2.80 bits per heavy atom. The van der Waals surface area contributed by atoms with Crippen molar-refractivity contribution in [1.29, 1.82) is 0 Å². The van der Waals surface area contributed by atoms with E-state index in [4.69, 9.17) is 11.6 Å². The fourth-order valence-corrected chi connectivity index (χ4v) is 1.76. The highest BCUT2D eigenvalue weighted by Crippen LogP contribution is 2.15. The van der Waals surface area contributed by atoms with E-state index in [0.29, 0.717) is 11.1 Å². The van der Waals surface area contributed by atoms with E-state index in [9.17, 15) is 0 Å². The molecule has 0 spiro atoms. The first kappa shape index (κ1) is 12.5. The van der Waals surface area contributed by atoms with Gasteiger partial charge in [0.1, 0.15) is 0 Å². The first-order chi connectivity index (χ1) is 7.27. The van der Waals surface area contributed by atoms with Gasteiger partial charge in [0, 0.05) is 12.7 Å². The molecule has 1 aromatic heterocycles. The Labute approximate surface area is 96.8 Å². The van der Waals surface area contributed by atoms with Crippen LogP contribution in [-0.4, -0.2) is 22.9 Å². The molecule has 1 heterocycles. The van der Waals surface area contributed by atoms with E-state index in [1.165, 1.54) is 6.42 Å². The highest BCUT2D eigenvalue weighted by atomic mass is 35.5. The molecule has 0 aliphatic carbocycles. The molecule has 0 aliphatic rings. The van der Waals surface area contributed by atoms with Crippen LogP contribution >= 0.6 is 11.6 Å². The van der Waals surface area contributed by atoms with Crippen LogP contribution in [-0.2, 0) is 0 Å². The van der Waals surface area contributed by atoms with Crippen molar-refractivity contribution >= 4 is 11.6 Å². The number of hydrogen-bond donors (Lipinski definition) is 1. The van der Waals surface area contributed by atoms with Crippen LogP contribution < -0.4 is 5.32 Å². The largest absolute Gasteiger partial charge is 0.315 e. The normalized spacial score (nSPS) is 13.0. The van der Waals surface area contributed by atoms with Crippen molar-refractivity contribution in [2.24, 2.45) is 0 Å². The Morgan fingerprint density at radius 1 is 1.47 bits per heavy atom. The molecule has 0 bridgehead atoms. The van der Waals surface area contributed by atoms with Crippen LogP contribution in [0.5, 0.6) is 0 Å². The number of halogens is 1. The van der Waals surface area contributed by atoms with Crippen molar-refractivity contribution in [3.63, 3.8) is 0 Å². The van der Waals surface area contributed by atoms with Crippen LogP contribution in [0.2, 0.25) is 5.02 Å². The molecule has 1 unspecified atom stereocenters. The molecule has 1 rings (SSSR count). The molecule has 1 atom stereocenters. The Morgan fingerprint density at radius 2 is 2.27 bits per heavy atom. The molecular weight excluding hydrogens is 210 g/mol. The average molecular weight is 230 g/mol. The summed E-state index contributed by atoms with van der Waals surface area (Å²) in [5.74, 6) is 0. The Hall–Kier alpha value is -0.540. The lowest BCUT2D eigenvalue weighted by atomic mass is 10.1. The first-order valence-corrected chi connectivity index (χ1v) is 6.06. The number of rotatable bonds is 7. The maximum absolute atomic E-state index is 5.86. The summed E-state index contributed by atoms with van der Waals surface area (Å²) in [6, 6.07) is 0.425. The molecule has 0 aliphatic heterocycles. The second-order valence-electron chi connectivity index (χ2n) is 3.79. The van der Waals surface area contributed by atoms with E-state index in [2.05, 4.69) is 24.3 Å². The van der Waals surface area contributed by atoms with Crippen molar-refractivity contribution < 1.29 is 0 Å². The van der Waals surface area contributed by atoms with E-state index >= 15 is 0 Å². The van der Waals surface area contributed by atoms with Crippen molar-refractivity contribution in [1.82, 2.24) is 15.1 Å². The van der Waals surface area contributed by atoms with Crippen LogP contribution in [0.3, 0.4) is 0 Å². The summed E-state index contributed by atoms with van der Waals surface area (Å²) in [7, 11) is 0. The van der Waals surface area contributed by atoms with E-state index in [1.54, 1.807) is 6.20 Å². The molecule has 0 fully saturated rings. The maximum Gasteiger partial charge on any atom is 0.0785 e. The van der Waals surface area contributed by atoms with Gasteiger partial charge in [0.05, 0.1) is 17.3 Å². The minimum absolute atomic E-state index is 0.425. The third-order valence-electron chi connectivity index (χ3n) is 2.37. The van der Waals surface area contributed by atoms with Crippen LogP contribution in [0.4, 0.5) is 0 Å². The third kappa shape index (κ3) is 4.22. The van der Waals surface area contributed by atoms with E-state index in [-0.39, 0.29) is 0 Å². The number of nitrogens with one attached hydrogen (secondary N) is 1. The van der Waals surface area contributed by atoms with Gasteiger partial charge >= 0.3 is 0 Å². The molecule has 0 aromatic carbocycles. The van der Waals surface area contributed by atoms with Gasteiger partial charge in [0.2, 0.25) is 0 Å². The number of aromatic nitrogens is 2. The monoisotopic (exact) mass is 229 g/mol. The average Bonchev–Trinajstić information content (AvgIpc) is 2.64. The van der Waals surface area contributed by atoms with Crippen molar-refractivity contribution in [2.75, 3.05) is 13.1 Å². The second-order valence-corrected chi connectivity index (χ2v) is 4.22. The summed E-state index contributed by atoms with van der Waals surface area (Å²) in [6.07, 6.45) is 7.06. The molecule has 1 aromatic rings. The van der Waals surface area contributed by atoms with Gasteiger partial charge in [-0.1, -0.05) is 31.9 Å². The predicted molar refractivity (Wildman–Crippen MR) is 64.3 cm³/mol. The van der Waals surface area contributed by atoms with Crippen LogP contribution in [0.1, 0.15) is 39.2 Å². The molecule has 1 N–H and O–H groups in total. The molecule has 3 nitrogen and oxygen atoms in total. The fourth-order valence-electron chi connectivity index (χ4n) is 1.62. The molecule has 86 valence electrons. The zero-order valence-corrected chi connectivity index (χ0v) is 10.3. The van der Waals surface area contributed by atoms with E-state index < -0.39 is 0 Å². The van der Waals surface area contributed by atoms with Gasteiger partial charge in [-0.05, 0) is 19.4 Å². The highest BCUT2D eigenvalue weighted by molar-refractivity contribution is 6.30. The smallest absolute Gasteiger partial charge is 0.0785 e. The van der Waals surface area contributed by atoms with Crippen LogP contribution in [0.15, 0.2) is 12.4 Å². The van der Waals surface area contributed by atoms with E-state index in [1.807, 2.05) is 10.9 Å². The molecule has 15 heavy (non-hydrogen) atoms. The van der Waals surface area contributed by atoms with Crippen LogP contribution in [0, 0.1) is 0 Å². The van der Waals surface area contributed by atoms with Crippen molar-refractivity contribution in [3.8, 4) is 0 Å². The number of hydrogen-bond acceptors (Lipinski definition) is 2. The summed E-state index contributed by atoms with van der Waals surface area (Å²) >= 11 is 5.86. The lowest BCUT2D eigenvalue weighted by molar-refractivity contribution is 0.396. The standard InChI is InChI=1S/C11H20ClN3/c1-3-5-11(8-13-6-4-2)15-9-10(12)7-14-15/h7,9,11,13H,3-6,8H2,1-2H3. The SMILES string of the molecule is CCCNCC(CCC)n1cc(Cl)cn1. The fraction of sp³-hybridized carbons (Fsp3) is 0.727. The molecule has 0 amide bonds. The molecule has 0 saturated carbocycles. The summed E-state index contributed by atoms with van der Waals surface area (Å²) in [6.45, 7) is 6.40. The molecular formula is C11H20ClN3. The predicted octanol–water partition coefficient (Wildman–Crippen LogP) is 2.88. The highest BCUT2D eigenvalue weighted by Gasteiger charge is 2.10. The third-order valence-corrected chi connectivity index (χ3v) is 2.57. The van der Waals surface area contributed by atoms with Gasteiger partial charge in [-0.15, -0.1) is 0 Å². The molecule has 0 radical (unpaired) electrons. The van der Waals surface area contributed by atoms with Gasteiger partial charge in [-0.3, -0.25) is 4.68 Å². The van der Waals surface area contributed by atoms with Crippen molar-refractivity contribution in [3.05, 3.63) is 17.4 Å². The lowest BCUT2D eigenvalue weighted by Crippen LogP contribution is -2.26. The zero-order chi connectivity index (χ0) is 11.1. The first-order valence-electron chi connectivity index (χ1n) is 5.68. The Bertz CT molecular complexity index is 273.